The molecular weight excluding hydrogens is 182 g/mol. The molecule has 0 aromatic carbocycles. The summed E-state index contributed by atoms with van der Waals surface area (Å²) in [4.78, 5) is 11.6. The summed E-state index contributed by atoms with van der Waals surface area (Å²) >= 11 is 0. The summed E-state index contributed by atoms with van der Waals surface area (Å²) in [5.74, 6) is 0.144. The number of rotatable bonds is 2. The zero-order valence-corrected chi connectivity index (χ0v) is 8.04. The molecule has 5 nitrogen and oxygen atoms in total. The summed E-state index contributed by atoms with van der Waals surface area (Å²) in [6.45, 7) is 3.59. The summed E-state index contributed by atoms with van der Waals surface area (Å²) in [5.41, 5.74) is 0.772. The highest BCUT2D eigenvalue weighted by atomic mass is 16.5. The Kier molecular flexibility index (Phi) is 2.49. The van der Waals surface area contributed by atoms with Gasteiger partial charge in [0.15, 0.2) is 0 Å². The number of hydrogen-bond acceptors (Lipinski definition) is 4. The molecule has 1 aliphatic rings. The Morgan fingerprint density at radius 3 is 3.21 bits per heavy atom. The first-order valence-electron chi connectivity index (χ1n) is 4.70. The van der Waals surface area contributed by atoms with Crippen LogP contribution in [0.2, 0.25) is 0 Å². The highest BCUT2D eigenvalue weighted by Gasteiger charge is 2.20. The van der Waals surface area contributed by atoms with Crippen LogP contribution < -0.4 is 10.6 Å². The minimum absolute atomic E-state index is 0.172. The number of aromatic nitrogens is 1. The summed E-state index contributed by atoms with van der Waals surface area (Å²) in [6, 6.07) is 0.215. The average Bonchev–Trinajstić information content (AvgIpc) is 2.75. The fourth-order valence-electron chi connectivity index (χ4n) is 1.54. The molecule has 1 aromatic rings. The van der Waals surface area contributed by atoms with Crippen LogP contribution in [0.3, 0.4) is 0 Å². The van der Waals surface area contributed by atoms with E-state index in [1.54, 1.807) is 13.1 Å². The summed E-state index contributed by atoms with van der Waals surface area (Å²) in [7, 11) is 0. The first-order valence-corrected chi connectivity index (χ1v) is 4.70. The highest BCUT2D eigenvalue weighted by Crippen LogP contribution is 2.07. The molecule has 0 unspecified atom stereocenters. The van der Waals surface area contributed by atoms with Crippen molar-refractivity contribution >= 4 is 5.91 Å². The van der Waals surface area contributed by atoms with Crippen LogP contribution in [0.5, 0.6) is 0 Å². The lowest BCUT2D eigenvalue weighted by Gasteiger charge is -2.09. The predicted molar refractivity (Wildman–Crippen MR) is 50.0 cm³/mol. The van der Waals surface area contributed by atoms with Gasteiger partial charge in [0.25, 0.3) is 5.91 Å². The van der Waals surface area contributed by atoms with Crippen molar-refractivity contribution in [1.82, 2.24) is 15.8 Å². The van der Waals surface area contributed by atoms with Gasteiger partial charge in [-0.3, -0.25) is 4.79 Å². The second-order valence-corrected chi connectivity index (χ2v) is 3.50. The van der Waals surface area contributed by atoms with Gasteiger partial charge in [-0.1, -0.05) is 5.16 Å². The molecular formula is C9H13N3O2. The quantitative estimate of drug-likeness (QED) is 0.701. The number of hydrogen-bond donors (Lipinski definition) is 2. The maximum absolute atomic E-state index is 11.6. The van der Waals surface area contributed by atoms with Crippen molar-refractivity contribution in [3.63, 3.8) is 0 Å². The monoisotopic (exact) mass is 195 g/mol. The molecule has 0 aliphatic carbocycles. The van der Waals surface area contributed by atoms with E-state index in [1.807, 2.05) is 0 Å². The Bertz CT molecular complexity index is 329. The van der Waals surface area contributed by atoms with Gasteiger partial charge < -0.3 is 15.2 Å². The standard InChI is InChI=1S/C9H13N3O2/c1-6-4-11-14-8(6)9(13)12-7-2-3-10-5-7/h4,7,10H,2-3,5H2,1H3,(H,12,13)/t7-/m0/s1. The molecule has 0 spiro atoms. The predicted octanol–water partition coefficient (Wildman–Crippen LogP) is 0.0747. The second kappa shape index (κ2) is 3.79. The maximum atomic E-state index is 11.6. The average molecular weight is 195 g/mol. The first-order chi connectivity index (χ1) is 6.77. The van der Waals surface area contributed by atoms with Crippen LogP contribution in [0.1, 0.15) is 22.5 Å². The second-order valence-electron chi connectivity index (χ2n) is 3.50. The van der Waals surface area contributed by atoms with E-state index in [0.717, 1.165) is 25.1 Å². The maximum Gasteiger partial charge on any atom is 0.290 e. The molecule has 76 valence electrons. The van der Waals surface area contributed by atoms with E-state index >= 15 is 0 Å². The fourth-order valence-corrected chi connectivity index (χ4v) is 1.54. The Morgan fingerprint density at radius 1 is 1.79 bits per heavy atom. The van der Waals surface area contributed by atoms with Crippen molar-refractivity contribution in [3.05, 3.63) is 17.5 Å². The van der Waals surface area contributed by atoms with Gasteiger partial charge in [-0.05, 0) is 19.9 Å². The van der Waals surface area contributed by atoms with Crippen molar-refractivity contribution in [3.8, 4) is 0 Å². The molecule has 1 aliphatic heterocycles. The molecule has 1 aromatic heterocycles. The Morgan fingerprint density at radius 2 is 2.64 bits per heavy atom. The van der Waals surface area contributed by atoms with Crippen LogP contribution in [0, 0.1) is 6.92 Å². The topological polar surface area (TPSA) is 67.2 Å². The molecule has 0 radical (unpaired) electrons. The number of carbonyl (C=O) groups is 1. The van der Waals surface area contributed by atoms with Gasteiger partial charge in [0, 0.05) is 18.2 Å². The van der Waals surface area contributed by atoms with Crippen LogP contribution in [0.15, 0.2) is 10.7 Å². The van der Waals surface area contributed by atoms with Crippen molar-refractivity contribution in [2.75, 3.05) is 13.1 Å². The van der Waals surface area contributed by atoms with E-state index in [2.05, 4.69) is 15.8 Å². The Balaban J connectivity index is 1.98. The third-order valence-corrected chi connectivity index (χ3v) is 2.35. The van der Waals surface area contributed by atoms with Crippen LogP contribution in [-0.4, -0.2) is 30.2 Å². The first kappa shape index (κ1) is 9.21. The summed E-state index contributed by atoms with van der Waals surface area (Å²) < 4.78 is 4.85. The highest BCUT2D eigenvalue weighted by molar-refractivity contribution is 5.92. The van der Waals surface area contributed by atoms with Crippen molar-refractivity contribution in [2.45, 2.75) is 19.4 Å². The minimum Gasteiger partial charge on any atom is -0.351 e. The largest absolute Gasteiger partial charge is 0.351 e. The molecule has 1 atom stereocenters. The third-order valence-electron chi connectivity index (χ3n) is 2.35. The Labute approximate surface area is 81.8 Å². The molecule has 5 heteroatoms. The third kappa shape index (κ3) is 1.77. The van der Waals surface area contributed by atoms with Gasteiger partial charge in [0.1, 0.15) is 0 Å². The van der Waals surface area contributed by atoms with Crippen LogP contribution in [-0.2, 0) is 0 Å². The van der Waals surface area contributed by atoms with E-state index in [9.17, 15) is 4.79 Å². The van der Waals surface area contributed by atoms with Gasteiger partial charge in [0.05, 0.1) is 6.20 Å². The van der Waals surface area contributed by atoms with Crippen LogP contribution in [0.4, 0.5) is 0 Å². The van der Waals surface area contributed by atoms with Crippen molar-refractivity contribution < 1.29 is 9.32 Å². The van der Waals surface area contributed by atoms with Crippen molar-refractivity contribution in [1.29, 1.82) is 0 Å². The molecule has 2 rings (SSSR count). The fraction of sp³-hybridized carbons (Fsp3) is 0.556. The molecule has 1 amide bonds. The lowest BCUT2D eigenvalue weighted by atomic mass is 10.2. The molecule has 1 fully saturated rings. The lowest BCUT2D eigenvalue weighted by molar-refractivity contribution is 0.0902. The number of nitrogens with zero attached hydrogens (tertiary/aromatic N) is 1. The Hall–Kier alpha value is -1.36. The molecule has 1 saturated heterocycles. The van der Waals surface area contributed by atoms with Crippen molar-refractivity contribution in [2.24, 2.45) is 0 Å². The summed E-state index contributed by atoms with van der Waals surface area (Å²) in [6.07, 6.45) is 2.51. The molecule has 2 N–H and O–H groups in total. The number of aryl methyl sites for hydroxylation is 1. The minimum atomic E-state index is -0.172. The molecule has 0 saturated carbocycles. The number of amides is 1. The zero-order valence-electron chi connectivity index (χ0n) is 8.04. The SMILES string of the molecule is Cc1cnoc1C(=O)N[C@H]1CCNC1. The van der Waals surface area contributed by atoms with E-state index in [4.69, 9.17) is 4.52 Å². The number of carbonyl (C=O) groups excluding carboxylic acids is 1. The van der Waals surface area contributed by atoms with E-state index in [1.165, 1.54) is 0 Å². The van der Waals surface area contributed by atoms with Crippen LogP contribution >= 0.6 is 0 Å². The molecule has 0 bridgehead atoms. The lowest BCUT2D eigenvalue weighted by Crippen LogP contribution is -2.36. The van der Waals surface area contributed by atoms with Gasteiger partial charge in [-0.25, -0.2) is 0 Å². The smallest absolute Gasteiger partial charge is 0.290 e. The molecule has 14 heavy (non-hydrogen) atoms. The van der Waals surface area contributed by atoms with Gasteiger partial charge >= 0.3 is 0 Å². The van der Waals surface area contributed by atoms with E-state index in [0.29, 0.717) is 5.76 Å². The number of nitrogens with one attached hydrogen (secondary N) is 2. The zero-order chi connectivity index (χ0) is 9.97. The normalized spacial score (nSPS) is 21.1. The summed E-state index contributed by atoms with van der Waals surface area (Å²) in [5, 5.41) is 9.63. The van der Waals surface area contributed by atoms with Gasteiger partial charge in [-0.15, -0.1) is 0 Å². The van der Waals surface area contributed by atoms with Crippen LogP contribution in [0.25, 0.3) is 0 Å². The van der Waals surface area contributed by atoms with E-state index < -0.39 is 0 Å². The van der Waals surface area contributed by atoms with Gasteiger partial charge in [0.2, 0.25) is 5.76 Å². The van der Waals surface area contributed by atoms with E-state index in [-0.39, 0.29) is 11.9 Å². The molecule has 2 heterocycles. The van der Waals surface area contributed by atoms with Gasteiger partial charge in [-0.2, -0.15) is 0 Å².